The average molecular weight is 288 g/mol. The molecule has 21 heavy (non-hydrogen) atoms. The van der Waals surface area contributed by atoms with E-state index in [1.54, 1.807) is 6.92 Å². The van der Waals surface area contributed by atoms with Crippen molar-refractivity contribution in [2.75, 3.05) is 6.54 Å². The largest absolute Gasteiger partial charge is 0.337 e. The van der Waals surface area contributed by atoms with Gasteiger partial charge in [-0.3, -0.25) is 4.79 Å². The van der Waals surface area contributed by atoms with Crippen LogP contribution >= 0.6 is 0 Å². The molecule has 1 amide bonds. The number of carbonyl (C=O) groups excluding carboxylic acids is 1. The van der Waals surface area contributed by atoms with Gasteiger partial charge >= 0.3 is 0 Å². The lowest BCUT2D eigenvalue weighted by atomic mass is 9.98. The topological polar surface area (TPSA) is 50.2 Å². The number of rotatable bonds is 1. The monoisotopic (exact) mass is 288 g/mol. The van der Waals surface area contributed by atoms with E-state index < -0.39 is 0 Å². The molecule has 1 aromatic rings. The van der Waals surface area contributed by atoms with Crippen molar-refractivity contribution in [2.45, 2.75) is 70.6 Å². The zero-order valence-corrected chi connectivity index (χ0v) is 12.9. The Hall–Kier alpha value is -1.36. The Morgan fingerprint density at radius 1 is 1.29 bits per heavy atom. The Kier molecular flexibility index (Phi) is 3.06. The molecule has 2 fully saturated rings. The molecule has 2 bridgehead atoms. The summed E-state index contributed by atoms with van der Waals surface area (Å²) in [4.78, 5) is 18.5. The van der Waals surface area contributed by atoms with Crippen LogP contribution in [0.5, 0.6) is 0 Å². The summed E-state index contributed by atoms with van der Waals surface area (Å²) in [6, 6.07) is 1.92. The first kappa shape index (κ1) is 13.3. The average Bonchev–Trinajstić information content (AvgIpc) is 2.96. The minimum Gasteiger partial charge on any atom is -0.337 e. The molecule has 0 aliphatic carbocycles. The van der Waals surface area contributed by atoms with Gasteiger partial charge in [0.2, 0.25) is 5.91 Å². The molecule has 4 heterocycles. The number of hydrogen-bond acceptors (Lipinski definition) is 3. The van der Waals surface area contributed by atoms with Crippen LogP contribution in [0.15, 0.2) is 0 Å². The van der Waals surface area contributed by atoms with Crippen LogP contribution in [0.25, 0.3) is 0 Å². The molecule has 0 saturated carbocycles. The van der Waals surface area contributed by atoms with Crippen molar-refractivity contribution in [1.29, 1.82) is 0 Å². The van der Waals surface area contributed by atoms with Crippen molar-refractivity contribution in [1.82, 2.24) is 19.8 Å². The number of aryl methyl sites for hydroxylation is 1. The van der Waals surface area contributed by atoms with E-state index >= 15 is 0 Å². The summed E-state index contributed by atoms with van der Waals surface area (Å²) >= 11 is 0. The fraction of sp³-hybridized carbons (Fsp3) is 0.750. The van der Waals surface area contributed by atoms with E-state index in [1.165, 1.54) is 37.1 Å². The number of amides is 1. The van der Waals surface area contributed by atoms with Gasteiger partial charge in [-0.05, 0) is 32.6 Å². The molecular formula is C16H24N4O. The van der Waals surface area contributed by atoms with Gasteiger partial charge in [0.25, 0.3) is 0 Å². The Morgan fingerprint density at radius 2 is 2.00 bits per heavy atom. The second-order valence-electron chi connectivity index (χ2n) is 6.88. The normalized spacial score (nSPS) is 31.3. The number of imidazole rings is 1. The lowest BCUT2D eigenvalue weighted by Gasteiger charge is -2.34. The maximum absolute atomic E-state index is 11.7. The van der Waals surface area contributed by atoms with Crippen molar-refractivity contribution in [3.8, 4) is 0 Å². The van der Waals surface area contributed by atoms with Crippen molar-refractivity contribution >= 4 is 5.91 Å². The fourth-order valence-electron chi connectivity index (χ4n) is 4.51. The third-order valence-electron chi connectivity index (χ3n) is 5.49. The van der Waals surface area contributed by atoms with Gasteiger partial charge in [-0.1, -0.05) is 0 Å². The van der Waals surface area contributed by atoms with Crippen LogP contribution in [0.2, 0.25) is 0 Å². The van der Waals surface area contributed by atoms with Crippen LogP contribution in [0.4, 0.5) is 0 Å². The third-order valence-corrected chi connectivity index (χ3v) is 5.49. The van der Waals surface area contributed by atoms with Crippen LogP contribution in [0.1, 0.15) is 55.9 Å². The van der Waals surface area contributed by atoms with Crippen LogP contribution in [0, 0.1) is 6.92 Å². The summed E-state index contributed by atoms with van der Waals surface area (Å²) in [7, 11) is 0. The number of aromatic nitrogens is 2. The fourth-order valence-corrected chi connectivity index (χ4v) is 4.51. The summed E-state index contributed by atoms with van der Waals surface area (Å²) in [5, 5.41) is 3.71. The molecule has 5 nitrogen and oxygen atoms in total. The zero-order chi connectivity index (χ0) is 14.6. The van der Waals surface area contributed by atoms with E-state index in [-0.39, 0.29) is 5.91 Å². The van der Waals surface area contributed by atoms with Gasteiger partial charge in [-0.2, -0.15) is 0 Å². The maximum Gasteiger partial charge on any atom is 0.219 e. The summed E-state index contributed by atoms with van der Waals surface area (Å²) < 4.78 is 2.45. The summed E-state index contributed by atoms with van der Waals surface area (Å²) in [5.74, 6) is 1.31. The lowest BCUT2D eigenvalue weighted by molar-refractivity contribution is -0.129. The summed E-state index contributed by atoms with van der Waals surface area (Å²) in [6.07, 6.45) is 5.95. The molecule has 2 saturated heterocycles. The molecule has 3 aliphatic heterocycles. The van der Waals surface area contributed by atoms with E-state index in [4.69, 9.17) is 4.98 Å². The first-order chi connectivity index (χ1) is 10.1. The van der Waals surface area contributed by atoms with Crippen LogP contribution in [0.3, 0.4) is 0 Å². The van der Waals surface area contributed by atoms with Crippen molar-refractivity contribution < 1.29 is 4.79 Å². The Bertz CT molecular complexity index is 567. The quantitative estimate of drug-likeness (QED) is 0.853. The van der Waals surface area contributed by atoms with E-state index in [0.29, 0.717) is 18.1 Å². The lowest BCUT2D eigenvalue weighted by Crippen LogP contribution is -2.40. The third kappa shape index (κ3) is 2.18. The maximum atomic E-state index is 11.7. The second-order valence-corrected chi connectivity index (χ2v) is 6.88. The molecule has 1 unspecified atom stereocenters. The van der Waals surface area contributed by atoms with E-state index in [0.717, 1.165) is 25.3 Å². The molecule has 5 heteroatoms. The minimum absolute atomic E-state index is 0.177. The number of nitrogens with one attached hydrogen (secondary N) is 1. The first-order valence-corrected chi connectivity index (χ1v) is 8.20. The summed E-state index contributed by atoms with van der Waals surface area (Å²) in [6.45, 7) is 5.35. The predicted molar refractivity (Wildman–Crippen MR) is 80.0 cm³/mol. The van der Waals surface area contributed by atoms with Gasteiger partial charge in [0, 0.05) is 38.0 Å². The van der Waals surface area contributed by atoms with Crippen molar-refractivity contribution in [2.24, 2.45) is 0 Å². The highest BCUT2D eigenvalue weighted by atomic mass is 16.2. The predicted octanol–water partition coefficient (Wildman–Crippen LogP) is 1.55. The molecule has 0 aromatic carbocycles. The number of piperidine rings is 1. The van der Waals surface area contributed by atoms with E-state index in [2.05, 4.69) is 16.8 Å². The molecule has 0 radical (unpaired) electrons. The Balaban J connectivity index is 1.66. The van der Waals surface area contributed by atoms with Gasteiger partial charge in [0.1, 0.15) is 5.82 Å². The number of hydrogen-bond donors (Lipinski definition) is 1. The molecular weight excluding hydrogens is 264 g/mol. The second kappa shape index (κ2) is 4.83. The van der Waals surface area contributed by atoms with E-state index in [9.17, 15) is 4.79 Å². The van der Waals surface area contributed by atoms with Crippen molar-refractivity contribution in [3.05, 3.63) is 17.2 Å². The van der Waals surface area contributed by atoms with Crippen LogP contribution in [-0.2, 0) is 17.8 Å². The summed E-state index contributed by atoms with van der Waals surface area (Å²) in [5.41, 5.74) is 2.51. The highest BCUT2D eigenvalue weighted by Crippen LogP contribution is 2.36. The van der Waals surface area contributed by atoms with E-state index in [1.807, 2.05) is 4.90 Å². The molecule has 3 atom stereocenters. The van der Waals surface area contributed by atoms with Crippen molar-refractivity contribution in [3.63, 3.8) is 0 Å². The zero-order valence-electron chi connectivity index (χ0n) is 12.9. The molecule has 0 spiro atoms. The SMILES string of the molecule is CC(=O)N1CCc2nc(C)n(C3C[C@H]4CC[C@@H](C3)N4)c2C1. The Labute approximate surface area is 125 Å². The molecule has 3 aliphatic rings. The number of nitrogens with zero attached hydrogens (tertiary/aromatic N) is 3. The van der Waals surface area contributed by atoms with Crippen LogP contribution < -0.4 is 5.32 Å². The van der Waals surface area contributed by atoms with Gasteiger partial charge in [0.05, 0.1) is 17.9 Å². The number of carbonyl (C=O) groups is 1. The highest BCUT2D eigenvalue weighted by Gasteiger charge is 2.36. The number of fused-ring (bicyclic) bond motifs is 3. The van der Waals surface area contributed by atoms with Gasteiger partial charge in [-0.15, -0.1) is 0 Å². The molecule has 1 N–H and O–H groups in total. The molecule has 114 valence electrons. The molecule has 1 aromatic heterocycles. The highest BCUT2D eigenvalue weighted by molar-refractivity contribution is 5.73. The molecule has 4 rings (SSSR count). The van der Waals surface area contributed by atoms with Gasteiger partial charge < -0.3 is 14.8 Å². The van der Waals surface area contributed by atoms with Gasteiger partial charge in [-0.25, -0.2) is 4.98 Å². The Morgan fingerprint density at radius 3 is 2.67 bits per heavy atom. The minimum atomic E-state index is 0.177. The van der Waals surface area contributed by atoms with Crippen LogP contribution in [-0.4, -0.2) is 39.0 Å². The smallest absolute Gasteiger partial charge is 0.219 e. The van der Waals surface area contributed by atoms with Gasteiger partial charge in [0.15, 0.2) is 0 Å². The first-order valence-electron chi connectivity index (χ1n) is 8.20. The standard InChI is InChI=1S/C16H24N4O/c1-10-17-15-5-6-19(11(2)21)9-16(15)20(10)14-7-12-3-4-13(8-14)18-12/h12-14,18H,3-9H2,1-2H3/t12-,13+,14?.